The van der Waals surface area contributed by atoms with Crippen LogP contribution in [0.25, 0.3) is 0 Å². The Kier molecular flexibility index (Phi) is 5.33. The normalized spacial score (nSPS) is 10.4. The fraction of sp³-hybridized carbons (Fsp3) is 0.375. The number of esters is 1. The van der Waals surface area contributed by atoms with Crippen LogP contribution in [0.1, 0.15) is 39.8 Å². The first-order chi connectivity index (χ1) is 10.1. The molecule has 0 aliphatic heterocycles. The van der Waals surface area contributed by atoms with E-state index in [0.29, 0.717) is 23.8 Å². The molecule has 0 saturated heterocycles. The fourth-order valence-corrected chi connectivity index (χ4v) is 2.77. The summed E-state index contributed by atoms with van der Waals surface area (Å²) in [7, 11) is 0. The number of nitrogens with zero attached hydrogens (tertiary/aromatic N) is 1. The van der Waals surface area contributed by atoms with Gasteiger partial charge >= 0.3 is 5.97 Å². The predicted octanol–water partition coefficient (Wildman–Crippen LogP) is 3.77. The summed E-state index contributed by atoms with van der Waals surface area (Å²) >= 11 is 1.33. The van der Waals surface area contributed by atoms with Crippen LogP contribution < -0.4 is 4.74 Å². The highest BCUT2D eigenvalue weighted by Gasteiger charge is 2.16. The highest BCUT2D eigenvalue weighted by atomic mass is 32.1. The van der Waals surface area contributed by atoms with Gasteiger partial charge in [0.05, 0.1) is 12.3 Å². The number of hydrogen-bond donors (Lipinski definition) is 0. The van der Waals surface area contributed by atoms with Crippen molar-refractivity contribution in [1.29, 1.82) is 0 Å². The fourth-order valence-electron chi connectivity index (χ4n) is 1.90. The largest absolute Gasteiger partial charge is 0.486 e. The van der Waals surface area contributed by atoms with Gasteiger partial charge in [0.2, 0.25) is 0 Å². The van der Waals surface area contributed by atoms with Gasteiger partial charge < -0.3 is 9.47 Å². The van der Waals surface area contributed by atoms with E-state index in [1.54, 1.807) is 6.92 Å². The van der Waals surface area contributed by atoms with E-state index in [9.17, 15) is 4.79 Å². The van der Waals surface area contributed by atoms with Crippen molar-refractivity contribution in [3.8, 4) is 5.75 Å². The number of benzene rings is 1. The highest BCUT2D eigenvalue weighted by molar-refractivity contribution is 7.13. The van der Waals surface area contributed by atoms with Crippen LogP contribution in [-0.2, 0) is 17.8 Å². The van der Waals surface area contributed by atoms with Crippen LogP contribution >= 0.6 is 11.3 Å². The van der Waals surface area contributed by atoms with Crippen molar-refractivity contribution < 1.29 is 14.3 Å². The van der Waals surface area contributed by atoms with Gasteiger partial charge in [-0.2, -0.15) is 0 Å². The van der Waals surface area contributed by atoms with Gasteiger partial charge in [0.25, 0.3) is 0 Å². The van der Waals surface area contributed by atoms with E-state index in [1.807, 2.05) is 25.1 Å². The second kappa shape index (κ2) is 7.22. The van der Waals surface area contributed by atoms with E-state index in [2.05, 4.69) is 18.0 Å². The monoisotopic (exact) mass is 305 g/mol. The molecule has 0 spiro atoms. The van der Waals surface area contributed by atoms with Crippen LogP contribution in [0.3, 0.4) is 0 Å². The van der Waals surface area contributed by atoms with E-state index >= 15 is 0 Å². The number of carbonyl (C=O) groups is 1. The Hall–Kier alpha value is -1.88. The third-order valence-electron chi connectivity index (χ3n) is 2.97. The third-order valence-corrected chi connectivity index (χ3v) is 4.08. The van der Waals surface area contributed by atoms with Crippen molar-refractivity contribution >= 4 is 17.3 Å². The van der Waals surface area contributed by atoms with Crippen molar-refractivity contribution in [3.05, 3.63) is 45.4 Å². The minimum Gasteiger partial charge on any atom is -0.486 e. The SMILES string of the molecule is CCOC(=O)c1sc(COc2cccc(CC)c2)nc1C. The van der Waals surface area contributed by atoms with Crippen LogP contribution in [0.5, 0.6) is 5.75 Å². The van der Waals surface area contributed by atoms with Gasteiger partial charge in [0.15, 0.2) is 0 Å². The van der Waals surface area contributed by atoms with Crippen LogP contribution in [0.4, 0.5) is 0 Å². The standard InChI is InChI=1S/C16H19NO3S/c1-4-12-7-6-8-13(9-12)20-10-14-17-11(3)15(21-14)16(18)19-5-2/h6-9H,4-5,10H2,1-3H3. The number of aryl methyl sites for hydroxylation is 2. The molecule has 112 valence electrons. The number of ether oxygens (including phenoxy) is 2. The number of rotatable bonds is 6. The molecular formula is C16H19NO3S. The Balaban J connectivity index is 2.03. The van der Waals surface area contributed by atoms with Crippen LogP contribution in [0.15, 0.2) is 24.3 Å². The zero-order valence-corrected chi connectivity index (χ0v) is 13.3. The van der Waals surface area contributed by atoms with Crippen molar-refractivity contribution in [3.63, 3.8) is 0 Å². The summed E-state index contributed by atoms with van der Waals surface area (Å²) in [6.45, 7) is 6.43. The average Bonchev–Trinajstić information content (AvgIpc) is 2.87. The number of hydrogen-bond acceptors (Lipinski definition) is 5. The molecule has 1 aromatic carbocycles. The summed E-state index contributed by atoms with van der Waals surface area (Å²) in [5.74, 6) is 0.506. The molecule has 0 N–H and O–H groups in total. The summed E-state index contributed by atoms with van der Waals surface area (Å²) in [4.78, 5) is 16.7. The molecule has 0 aliphatic carbocycles. The van der Waals surface area contributed by atoms with Crippen molar-refractivity contribution in [2.45, 2.75) is 33.8 Å². The lowest BCUT2D eigenvalue weighted by molar-refractivity contribution is 0.0531. The quantitative estimate of drug-likeness (QED) is 0.762. The van der Waals surface area contributed by atoms with Gasteiger partial charge in [-0.05, 0) is 38.0 Å². The summed E-state index contributed by atoms with van der Waals surface area (Å²) in [6, 6.07) is 7.99. The zero-order chi connectivity index (χ0) is 15.2. The Morgan fingerprint density at radius 1 is 1.33 bits per heavy atom. The molecule has 5 heteroatoms. The molecule has 2 rings (SSSR count). The number of thiazole rings is 1. The topological polar surface area (TPSA) is 48.4 Å². The van der Waals surface area contributed by atoms with Crippen molar-refractivity contribution in [2.24, 2.45) is 0 Å². The van der Waals surface area contributed by atoms with E-state index < -0.39 is 0 Å². The molecule has 0 unspecified atom stereocenters. The Morgan fingerprint density at radius 3 is 2.86 bits per heavy atom. The Bertz CT molecular complexity index is 622. The molecule has 0 radical (unpaired) electrons. The molecule has 0 saturated carbocycles. The minimum absolute atomic E-state index is 0.313. The van der Waals surface area contributed by atoms with Crippen molar-refractivity contribution in [1.82, 2.24) is 4.98 Å². The minimum atomic E-state index is -0.313. The zero-order valence-electron chi connectivity index (χ0n) is 12.5. The highest BCUT2D eigenvalue weighted by Crippen LogP contribution is 2.21. The van der Waals surface area contributed by atoms with Gasteiger partial charge in [0.1, 0.15) is 22.2 Å². The Morgan fingerprint density at radius 2 is 2.14 bits per heavy atom. The number of aromatic nitrogens is 1. The molecule has 1 heterocycles. The molecule has 0 bridgehead atoms. The van der Waals surface area contributed by atoms with Crippen molar-refractivity contribution in [2.75, 3.05) is 6.61 Å². The van der Waals surface area contributed by atoms with Gasteiger partial charge in [-0.3, -0.25) is 0 Å². The molecule has 2 aromatic rings. The summed E-state index contributed by atoms with van der Waals surface area (Å²) in [6.07, 6.45) is 0.973. The molecule has 0 fully saturated rings. The molecule has 0 amide bonds. The molecule has 4 nitrogen and oxygen atoms in total. The van der Waals surface area contributed by atoms with Gasteiger partial charge in [-0.25, -0.2) is 9.78 Å². The lowest BCUT2D eigenvalue weighted by Crippen LogP contribution is -2.03. The van der Waals surface area contributed by atoms with E-state index in [4.69, 9.17) is 9.47 Å². The second-order valence-corrected chi connectivity index (χ2v) is 5.62. The second-order valence-electron chi connectivity index (χ2n) is 4.53. The van der Waals surface area contributed by atoms with Gasteiger partial charge in [-0.15, -0.1) is 11.3 Å². The molecule has 21 heavy (non-hydrogen) atoms. The maximum atomic E-state index is 11.7. The van der Waals surface area contributed by atoms with E-state index in [-0.39, 0.29) is 5.97 Å². The van der Waals surface area contributed by atoms with Crippen LogP contribution in [-0.4, -0.2) is 17.6 Å². The van der Waals surface area contributed by atoms with Crippen LogP contribution in [0, 0.1) is 6.92 Å². The summed E-state index contributed by atoms with van der Waals surface area (Å²) < 4.78 is 10.7. The number of carbonyl (C=O) groups excluding carboxylic acids is 1. The molecular weight excluding hydrogens is 286 g/mol. The maximum Gasteiger partial charge on any atom is 0.350 e. The maximum absolute atomic E-state index is 11.7. The average molecular weight is 305 g/mol. The first-order valence-electron chi connectivity index (χ1n) is 6.99. The lowest BCUT2D eigenvalue weighted by atomic mass is 10.2. The first-order valence-corrected chi connectivity index (χ1v) is 7.80. The summed E-state index contributed by atoms with van der Waals surface area (Å²) in [5.41, 5.74) is 1.93. The summed E-state index contributed by atoms with van der Waals surface area (Å²) in [5, 5.41) is 0.775. The molecule has 0 aliphatic rings. The van der Waals surface area contributed by atoms with Gasteiger partial charge in [-0.1, -0.05) is 19.1 Å². The smallest absolute Gasteiger partial charge is 0.350 e. The lowest BCUT2D eigenvalue weighted by Gasteiger charge is -2.05. The first kappa shape index (κ1) is 15.5. The predicted molar refractivity (Wildman–Crippen MR) is 83.0 cm³/mol. The van der Waals surface area contributed by atoms with Gasteiger partial charge in [0, 0.05) is 0 Å². The Labute approximate surface area is 128 Å². The van der Waals surface area contributed by atoms with E-state index in [1.165, 1.54) is 16.9 Å². The van der Waals surface area contributed by atoms with Crippen LogP contribution in [0.2, 0.25) is 0 Å². The molecule has 0 atom stereocenters. The molecule has 1 aromatic heterocycles. The van der Waals surface area contributed by atoms with E-state index in [0.717, 1.165) is 17.2 Å². The third kappa shape index (κ3) is 4.04.